The molecule has 1 aromatic carbocycles. The molecule has 100 valence electrons. The van der Waals surface area contributed by atoms with E-state index in [4.69, 9.17) is 15.2 Å². The number of amides is 1. The molecule has 5 nitrogen and oxygen atoms in total. The van der Waals surface area contributed by atoms with Gasteiger partial charge in [-0.15, -0.1) is 0 Å². The predicted octanol–water partition coefficient (Wildman–Crippen LogP) is 1.54. The lowest BCUT2D eigenvalue weighted by Crippen LogP contribution is -2.29. The summed E-state index contributed by atoms with van der Waals surface area (Å²) in [6.45, 7) is 3.24. The first-order valence-electron chi connectivity index (χ1n) is 5.62. The van der Waals surface area contributed by atoms with E-state index in [1.165, 1.54) is 7.11 Å². The van der Waals surface area contributed by atoms with Crippen molar-refractivity contribution in [1.29, 1.82) is 0 Å². The minimum Gasteiger partial charge on any atom is -0.493 e. The number of methoxy groups -OCH3 is 1. The third kappa shape index (κ3) is 3.61. The number of halogens is 1. The standard InChI is InChI=1S/C12H17BrN2O3/c1-3-18-11-9(13)6-8(7-10(11)17-2)12(16)15-5-4-14/h6-7H,3-5,14H2,1-2H3,(H,15,16). The first kappa shape index (κ1) is 14.8. The average molecular weight is 317 g/mol. The van der Waals surface area contributed by atoms with E-state index in [-0.39, 0.29) is 5.91 Å². The van der Waals surface area contributed by atoms with Gasteiger partial charge in [-0.05, 0) is 35.0 Å². The molecule has 0 spiro atoms. The molecule has 3 N–H and O–H groups in total. The van der Waals surface area contributed by atoms with Gasteiger partial charge in [0.25, 0.3) is 5.91 Å². The molecule has 0 radical (unpaired) electrons. The normalized spacial score (nSPS) is 10.0. The lowest BCUT2D eigenvalue weighted by molar-refractivity contribution is 0.0954. The van der Waals surface area contributed by atoms with Crippen LogP contribution in [0.1, 0.15) is 17.3 Å². The lowest BCUT2D eigenvalue weighted by atomic mass is 10.2. The minimum absolute atomic E-state index is 0.192. The molecule has 0 aromatic heterocycles. The second-order valence-electron chi connectivity index (χ2n) is 3.47. The number of carbonyl (C=O) groups excluding carboxylic acids is 1. The van der Waals surface area contributed by atoms with Crippen molar-refractivity contribution in [3.63, 3.8) is 0 Å². The van der Waals surface area contributed by atoms with Crippen molar-refractivity contribution in [3.8, 4) is 11.5 Å². The highest BCUT2D eigenvalue weighted by molar-refractivity contribution is 9.10. The SMILES string of the molecule is CCOc1c(Br)cc(C(=O)NCCN)cc1OC. The number of rotatable bonds is 6. The topological polar surface area (TPSA) is 73.6 Å². The van der Waals surface area contributed by atoms with Crippen LogP contribution in [-0.2, 0) is 0 Å². The van der Waals surface area contributed by atoms with Crippen LogP contribution in [0.2, 0.25) is 0 Å². The zero-order chi connectivity index (χ0) is 13.5. The molecule has 18 heavy (non-hydrogen) atoms. The molecule has 1 amide bonds. The highest BCUT2D eigenvalue weighted by Gasteiger charge is 2.14. The van der Waals surface area contributed by atoms with Gasteiger partial charge >= 0.3 is 0 Å². The van der Waals surface area contributed by atoms with Crippen LogP contribution in [0.15, 0.2) is 16.6 Å². The summed E-state index contributed by atoms with van der Waals surface area (Å²) in [7, 11) is 1.53. The Hall–Kier alpha value is -1.27. The fourth-order valence-corrected chi connectivity index (χ4v) is 1.98. The highest BCUT2D eigenvalue weighted by atomic mass is 79.9. The number of nitrogens with one attached hydrogen (secondary N) is 1. The van der Waals surface area contributed by atoms with Gasteiger partial charge < -0.3 is 20.5 Å². The van der Waals surface area contributed by atoms with E-state index in [1.54, 1.807) is 12.1 Å². The molecule has 1 aromatic rings. The summed E-state index contributed by atoms with van der Waals surface area (Å²) >= 11 is 3.37. The van der Waals surface area contributed by atoms with Crippen molar-refractivity contribution < 1.29 is 14.3 Å². The van der Waals surface area contributed by atoms with Gasteiger partial charge in [0.05, 0.1) is 18.2 Å². The van der Waals surface area contributed by atoms with Crippen LogP contribution in [-0.4, -0.2) is 32.7 Å². The molecule has 0 saturated heterocycles. The van der Waals surface area contributed by atoms with E-state index < -0.39 is 0 Å². The van der Waals surface area contributed by atoms with Gasteiger partial charge in [-0.25, -0.2) is 0 Å². The van der Waals surface area contributed by atoms with Crippen LogP contribution < -0.4 is 20.5 Å². The number of ether oxygens (including phenoxy) is 2. The average Bonchev–Trinajstić information content (AvgIpc) is 2.38. The smallest absolute Gasteiger partial charge is 0.251 e. The summed E-state index contributed by atoms with van der Waals surface area (Å²) in [5.74, 6) is 0.919. The van der Waals surface area contributed by atoms with Crippen LogP contribution in [0.5, 0.6) is 11.5 Å². The Morgan fingerprint density at radius 2 is 2.22 bits per heavy atom. The molecule has 6 heteroatoms. The molecule has 0 unspecified atom stereocenters. The molecule has 1 rings (SSSR count). The minimum atomic E-state index is -0.192. The van der Waals surface area contributed by atoms with Crippen LogP contribution in [0.4, 0.5) is 0 Å². The number of nitrogens with two attached hydrogens (primary N) is 1. The summed E-state index contributed by atoms with van der Waals surface area (Å²) < 4.78 is 11.3. The fraction of sp³-hybridized carbons (Fsp3) is 0.417. The second kappa shape index (κ2) is 7.23. The quantitative estimate of drug-likeness (QED) is 0.835. The van der Waals surface area contributed by atoms with Gasteiger partial charge in [0.15, 0.2) is 11.5 Å². The van der Waals surface area contributed by atoms with Gasteiger partial charge in [0.2, 0.25) is 0 Å². The zero-order valence-electron chi connectivity index (χ0n) is 10.5. The number of benzene rings is 1. The van der Waals surface area contributed by atoms with Crippen molar-refractivity contribution in [2.75, 3.05) is 26.8 Å². The van der Waals surface area contributed by atoms with Crippen LogP contribution in [0, 0.1) is 0 Å². The Labute approximate surface area is 115 Å². The van der Waals surface area contributed by atoms with Gasteiger partial charge in [0, 0.05) is 18.7 Å². The predicted molar refractivity (Wildman–Crippen MR) is 73.3 cm³/mol. The maximum Gasteiger partial charge on any atom is 0.251 e. The van der Waals surface area contributed by atoms with Gasteiger partial charge in [0.1, 0.15) is 0 Å². The highest BCUT2D eigenvalue weighted by Crippen LogP contribution is 2.36. The van der Waals surface area contributed by atoms with Crippen LogP contribution in [0.25, 0.3) is 0 Å². The Bertz CT molecular complexity index is 424. The summed E-state index contributed by atoms with van der Waals surface area (Å²) in [5.41, 5.74) is 5.83. The first-order chi connectivity index (χ1) is 8.63. The molecule has 0 heterocycles. The van der Waals surface area contributed by atoms with E-state index in [1.807, 2.05) is 6.92 Å². The van der Waals surface area contributed by atoms with Crippen molar-refractivity contribution in [1.82, 2.24) is 5.32 Å². The van der Waals surface area contributed by atoms with Crippen molar-refractivity contribution in [2.45, 2.75) is 6.92 Å². The lowest BCUT2D eigenvalue weighted by Gasteiger charge is -2.13. The van der Waals surface area contributed by atoms with E-state index >= 15 is 0 Å². The largest absolute Gasteiger partial charge is 0.493 e. The van der Waals surface area contributed by atoms with E-state index in [0.29, 0.717) is 41.2 Å². The molecule has 0 atom stereocenters. The second-order valence-corrected chi connectivity index (χ2v) is 4.32. The first-order valence-corrected chi connectivity index (χ1v) is 6.41. The Morgan fingerprint density at radius 3 is 2.78 bits per heavy atom. The summed E-state index contributed by atoms with van der Waals surface area (Å²) in [5, 5.41) is 2.70. The monoisotopic (exact) mass is 316 g/mol. The molecule has 0 bridgehead atoms. The van der Waals surface area contributed by atoms with E-state index in [9.17, 15) is 4.79 Å². The van der Waals surface area contributed by atoms with E-state index in [2.05, 4.69) is 21.2 Å². The Morgan fingerprint density at radius 1 is 1.50 bits per heavy atom. The third-order valence-corrected chi connectivity index (χ3v) is 2.80. The summed E-state index contributed by atoms with van der Waals surface area (Å²) in [4.78, 5) is 11.8. The van der Waals surface area contributed by atoms with Gasteiger partial charge in [-0.3, -0.25) is 4.79 Å². The van der Waals surface area contributed by atoms with Gasteiger partial charge in [-0.1, -0.05) is 0 Å². The molecular weight excluding hydrogens is 300 g/mol. The maximum atomic E-state index is 11.8. The summed E-state index contributed by atoms with van der Waals surface area (Å²) in [6, 6.07) is 3.33. The fourth-order valence-electron chi connectivity index (χ4n) is 1.42. The van der Waals surface area contributed by atoms with Crippen molar-refractivity contribution >= 4 is 21.8 Å². The molecule has 0 aliphatic rings. The maximum absolute atomic E-state index is 11.8. The van der Waals surface area contributed by atoms with Crippen molar-refractivity contribution in [2.24, 2.45) is 5.73 Å². The number of carbonyl (C=O) groups is 1. The molecule has 0 fully saturated rings. The zero-order valence-corrected chi connectivity index (χ0v) is 12.0. The summed E-state index contributed by atoms with van der Waals surface area (Å²) in [6.07, 6.45) is 0. The number of hydrogen-bond donors (Lipinski definition) is 2. The number of hydrogen-bond acceptors (Lipinski definition) is 4. The Balaban J connectivity index is 3.02. The van der Waals surface area contributed by atoms with Crippen LogP contribution in [0.3, 0.4) is 0 Å². The molecule has 0 aliphatic heterocycles. The van der Waals surface area contributed by atoms with Crippen molar-refractivity contribution in [3.05, 3.63) is 22.2 Å². The van der Waals surface area contributed by atoms with Crippen LogP contribution >= 0.6 is 15.9 Å². The van der Waals surface area contributed by atoms with Gasteiger partial charge in [-0.2, -0.15) is 0 Å². The Kier molecular flexibility index (Phi) is 5.94. The van der Waals surface area contributed by atoms with E-state index in [0.717, 1.165) is 0 Å². The molecule has 0 aliphatic carbocycles. The third-order valence-electron chi connectivity index (χ3n) is 2.21. The molecular formula is C12H17BrN2O3. The molecule has 0 saturated carbocycles.